The molecule has 1 saturated heterocycles. The number of halogens is 1. The standard InChI is InChI=1S/C16H34N4O2S.HI/c1-6-17-15(18-10-9-11-19(7-2)8-3)20-12-13-23(21,22)16(4,5)14-20;/h6-14H2,1-5H3,(H,17,18);1H. The third-order valence-electron chi connectivity index (χ3n) is 4.47. The van der Waals surface area contributed by atoms with Gasteiger partial charge in [-0.05, 0) is 46.8 Å². The Labute approximate surface area is 165 Å². The van der Waals surface area contributed by atoms with Crippen LogP contribution >= 0.6 is 24.0 Å². The van der Waals surface area contributed by atoms with E-state index in [4.69, 9.17) is 4.99 Å². The van der Waals surface area contributed by atoms with Crippen LogP contribution in [-0.2, 0) is 9.84 Å². The fraction of sp³-hybridized carbons (Fsp3) is 0.938. The zero-order valence-electron chi connectivity index (χ0n) is 15.8. The van der Waals surface area contributed by atoms with Gasteiger partial charge in [0.05, 0.1) is 10.5 Å². The lowest BCUT2D eigenvalue weighted by Gasteiger charge is -2.39. The quantitative estimate of drug-likeness (QED) is 0.264. The van der Waals surface area contributed by atoms with Crippen LogP contribution in [0.1, 0.15) is 41.0 Å². The fourth-order valence-corrected chi connectivity index (χ4v) is 4.14. The molecule has 0 spiro atoms. The summed E-state index contributed by atoms with van der Waals surface area (Å²) in [7, 11) is -3.02. The van der Waals surface area contributed by atoms with Crippen molar-refractivity contribution >= 4 is 39.8 Å². The largest absolute Gasteiger partial charge is 0.357 e. The van der Waals surface area contributed by atoms with Crippen LogP contribution in [0.2, 0.25) is 0 Å². The van der Waals surface area contributed by atoms with Gasteiger partial charge in [-0.25, -0.2) is 8.42 Å². The molecule has 0 aromatic rings. The molecule has 0 unspecified atom stereocenters. The molecule has 0 bridgehead atoms. The van der Waals surface area contributed by atoms with Crippen molar-refractivity contribution in [1.29, 1.82) is 0 Å². The van der Waals surface area contributed by atoms with Crippen LogP contribution in [0.3, 0.4) is 0 Å². The zero-order chi connectivity index (χ0) is 17.5. The van der Waals surface area contributed by atoms with Crippen molar-refractivity contribution in [3.05, 3.63) is 0 Å². The molecule has 1 aliphatic rings. The lowest BCUT2D eigenvalue weighted by molar-refractivity contribution is 0.301. The maximum Gasteiger partial charge on any atom is 0.193 e. The second kappa shape index (κ2) is 10.8. The summed E-state index contributed by atoms with van der Waals surface area (Å²) >= 11 is 0. The zero-order valence-corrected chi connectivity index (χ0v) is 19.0. The van der Waals surface area contributed by atoms with E-state index >= 15 is 0 Å². The Morgan fingerprint density at radius 3 is 2.38 bits per heavy atom. The van der Waals surface area contributed by atoms with E-state index in [0.717, 1.165) is 45.1 Å². The summed E-state index contributed by atoms with van der Waals surface area (Å²) in [5.74, 6) is 1.04. The summed E-state index contributed by atoms with van der Waals surface area (Å²) in [6, 6.07) is 0. The first-order chi connectivity index (χ1) is 10.8. The predicted octanol–water partition coefficient (Wildman–Crippen LogP) is 1.81. The Balaban J connectivity index is 0.00000529. The van der Waals surface area contributed by atoms with E-state index in [1.807, 2.05) is 6.92 Å². The van der Waals surface area contributed by atoms with Crippen molar-refractivity contribution in [2.75, 3.05) is 51.6 Å². The summed E-state index contributed by atoms with van der Waals surface area (Å²) in [5.41, 5.74) is 0. The lowest BCUT2D eigenvalue weighted by Crippen LogP contribution is -2.57. The van der Waals surface area contributed by atoms with Crippen LogP contribution in [0.25, 0.3) is 0 Å². The topological polar surface area (TPSA) is 65.0 Å². The Morgan fingerprint density at radius 2 is 1.88 bits per heavy atom. The number of guanidine groups is 1. The first-order valence-electron chi connectivity index (χ1n) is 8.75. The predicted molar refractivity (Wildman–Crippen MR) is 113 cm³/mol. The molecule has 144 valence electrons. The van der Waals surface area contributed by atoms with E-state index in [1.165, 1.54) is 0 Å². The molecule has 1 fully saturated rings. The van der Waals surface area contributed by atoms with Gasteiger partial charge < -0.3 is 15.1 Å². The van der Waals surface area contributed by atoms with Crippen LogP contribution in [0.4, 0.5) is 0 Å². The van der Waals surface area contributed by atoms with Gasteiger partial charge in [-0.3, -0.25) is 4.99 Å². The minimum atomic E-state index is -3.02. The minimum Gasteiger partial charge on any atom is -0.357 e. The number of rotatable bonds is 7. The Hall–Kier alpha value is -0.0900. The van der Waals surface area contributed by atoms with Gasteiger partial charge in [0.1, 0.15) is 0 Å². The van der Waals surface area contributed by atoms with Gasteiger partial charge in [-0.2, -0.15) is 0 Å². The highest BCUT2D eigenvalue weighted by Gasteiger charge is 2.40. The van der Waals surface area contributed by atoms with Crippen LogP contribution in [0, 0.1) is 0 Å². The van der Waals surface area contributed by atoms with Gasteiger partial charge in [-0.1, -0.05) is 13.8 Å². The van der Waals surface area contributed by atoms with Crippen molar-refractivity contribution in [2.45, 2.75) is 45.8 Å². The SMILES string of the molecule is CCNC(=NCCCN(CC)CC)N1CCS(=O)(=O)C(C)(C)C1.I. The molecule has 0 atom stereocenters. The molecule has 6 nitrogen and oxygen atoms in total. The molecule has 1 N–H and O–H groups in total. The molecule has 1 heterocycles. The third-order valence-corrected chi connectivity index (χ3v) is 7.00. The number of nitrogens with one attached hydrogen (secondary N) is 1. The molecule has 0 amide bonds. The van der Waals surface area contributed by atoms with E-state index in [-0.39, 0.29) is 29.7 Å². The Bertz CT molecular complexity index is 490. The second-order valence-corrected chi connectivity index (χ2v) is 9.36. The van der Waals surface area contributed by atoms with Crippen molar-refractivity contribution in [3.8, 4) is 0 Å². The van der Waals surface area contributed by atoms with Crippen molar-refractivity contribution in [1.82, 2.24) is 15.1 Å². The molecule has 0 aromatic carbocycles. The monoisotopic (exact) mass is 474 g/mol. The highest BCUT2D eigenvalue weighted by molar-refractivity contribution is 14.0. The molecule has 1 rings (SSSR count). The van der Waals surface area contributed by atoms with Gasteiger partial charge in [0.25, 0.3) is 0 Å². The van der Waals surface area contributed by atoms with E-state index in [2.05, 4.69) is 29.0 Å². The van der Waals surface area contributed by atoms with E-state index in [1.54, 1.807) is 13.8 Å². The first kappa shape index (κ1) is 23.9. The summed E-state index contributed by atoms with van der Waals surface area (Å²) in [4.78, 5) is 9.17. The third kappa shape index (κ3) is 6.67. The number of sulfone groups is 1. The molecule has 8 heteroatoms. The average Bonchev–Trinajstić information content (AvgIpc) is 2.49. The average molecular weight is 474 g/mol. The van der Waals surface area contributed by atoms with E-state index in [9.17, 15) is 8.42 Å². The molecule has 0 aliphatic carbocycles. The Morgan fingerprint density at radius 1 is 1.25 bits per heavy atom. The van der Waals surface area contributed by atoms with Crippen molar-refractivity contribution in [3.63, 3.8) is 0 Å². The first-order valence-corrected chi connectivity index (χ1v) is 10.4. The second-order valence-electron chi connectivity index (χ2n) is 6.62. The van der Waals surface area contributed by atoms with Crippen LogP contribution in [0.15, 0.2) is 4.99 Å². The molecule has 1 aliphatic heterocycles. The number of hydrogen-bond donors (Lipinski definition) is 1. The molecule has 24 heavy (non-hydrogen) atoms. The molecular weight excluding hydrogens is 439 g/mol. The molecule has 0 aromatic heterocycles. The highest BCUT2D eigenvalue weighted by Crippen LogP contribution is 2.23. The van der Waals surface area contributed by atoms with Crippen LogP contribution < -0.4 is 5.32 Å². The van der Waals surface area contributed by atoms with Gasteiger partial charge in [0, 0.05) is 26.2 Å². The van der Waals surface area contributed by atoms with E-state index in [0.29, 0.717) is 13.1 Å². The van der Waals surface area contributed by atoms with Crippen molar-refractivity contribution < 1.29 is 8.42 Å². The molecular formula is C16H35IN4O2S. The van der Waals surface area contributed by atoms with Crippen molar-refractivity contribution in [2.24, 2.45) is 4.99 Å². The summed E-state index contributed by atoms with van der Waals surface area (Å²) < 4.78 is 23.6. The van der Waals surface area contributed by atoms with Gasteiger partial charge >= 0.3 is 0 Å². The summed E-state index contributed by atoms with van der Waals surface area (Å²) in [6.45, 7) is 15.8. The number of hydrogen-bond acceptors (Lipinski definition) is 4. The number of aliphatic imine (C=N–C) groups is 1. The highest BCUT2D eigenvalue weighted by atomic mass is 127. The van der Waals surface area contributed by atoms with Gasteiger partial charge in [0.15, 0.2) is 15.8 Å². The van der Waals surface area contributed by atoms with Crippen LogP contribution in [0.5, 0.6) is 0 Å². The summed E-state index contributed by atoms with van der Waals surface area (Å²) in [6.07, 6.45) is 1.02. The maximum absolute atomic E-state index is 12.1. The minimum absolute atomic E-state index is 0. The maximum atomic E-state index is 12.1. The smallest absolute Gasteiger partial charge is 0.193 e. The normalized spacial score (nSPS) is 19.9. The molecule has 0 saturated carbocycles. The van der Waals surface area contributed by atoms with E-state index < -0.39 is 14.6 Å². The fourth-order valence-electron chi connectivity index (χ4n) is 2.77. The lowest BCUT2D eigenvalue weighted by atomic mass is 10.2. The Kier molecular flexibility index (Phi) is 10.8. The van der Waals surface area contributed by atoms with Gasteiger partial charge in [0.2, 0.25) is 0 Å². The molecule has 0 radical (unpaired) electrons. The van der Waals surface area contributed by atoms with Gasteiger partial charge in [-0.15, -0.1) is 24.0 Å². The number of nitrogens with zero attached hydrogens (tertiary/aromatic N) is 3. The van der Waals surface area contributed by atoms with Crippen LogP contribution in [-0.4, -0.2) is 80.5 Å². The summed E-state index contributed by atoms with van der Waals surface area (Å²) in [5, 5.41) is 3.30.